The number of rotatable bonds is 5. The monoisotopic (exact) mass is 449 g/mol. The third-order valence-corrected chi connectivity index (χ3v) is 6.53. The molecule has 7 nitrogen and oxygen atoms in total. The Kier molecular flexibility index (Phi) is 4.77. The highest BCUT2D eigenvalue weighted by Gasteiger charge is 2.19. The van der Waals surface area contributed by atoms with Crippen LogP contribution >= 0.6 is 11.3 Å². The molecule has 33 heavy (non-hydrogen) atoms. The molecule has 0 bridgehead atoms. The van der Waals surface area contributed by atoms with Gasteiger partial charge in [-0.3, -0.25) is 9.38 Å². The van der Waals surface area contributed by atoms with Gasteiger partial charge in [0.05, 0.1) is 11.4 Å². The second-order valence-corrected chi connectivity index (χ2v) is 8.72. The van der Waals surface area contributed by atoms with Crippen molar-refractivity contribution < 1.29 is 0 Å². The summed E-state index contributed by atoms with van der Waals surface area (Å²) in [5.41, 5.74) is 2.84. The van der Waals surface area contributed by atoms with Gasteiger partial charge < -0.3 is 5.32 Å². The van der Waals surface area contributed by atoms with E-state index >= 15 is 0 Å². The molecule has 6 aromatic rings. The van der Waals surface area contributed by atoms with Crippen LogP contribution in [0.1, 0.15) is 18.8 Å². The van der Waals surface area contributed by atoms with E-state index in [1.54, 1.807) is 23.7 Å². The third kappa shape index (κ3) is 3.60. The van der Waals surface area contributed by atoms with Crippen molar-refractivity contribution in [2.45, 2.75) is 13.0 Å². The molecule has 8 heteroatoms. The van der Waals surface area contributed by atoms with Crippen LogP contribution in [-0.4, -0.2) is 29.5 Å². The average Bonchev–Trinajstić information content (AvgIpc) is 3.50. The number of thiophene rings is 1. The number of hydrogen-bond donors (Lipinski definition) is 1. The zero-order valence-electron chi connectivity index (χ0n) is 17.8. The van der Waals surface area contributed by atoms with Gasteiger partial charge in [0.2, 0.25) is 0 Å². The van der Waals surface area contributed by atoms with Gasteiger partial charge in [-0.1, -0.05) is 36.4 Å². The van der Waals surface area contributed by atoms with E-state index in [0.29, 0.717) is 5.82 Å². The Morgan fingerprint density at radius 3 is 2.61 bits per heavy atom. The minimum Gasteiger partial charge on any atom is -0.360 e. The van der Waals surface area contributed by atoms with Gasteiger partial charge >= 0.3 is 0 Å². The maximum absolute atomic E-state index is 4.90. The summed E-state index contributed by atoms with van der Waals surface area (Å²) < 4.78 is 1.99. The normalized spacial score (nSPS) is 12.3. The topological polar surface area (TPSA) is 80.9 Å². The van der Waals surface area contributed by atoms with Crippen LogP contribution in [0.4, 0.5) is 5.82 Å². The molecule has 0 saturated carbocycles. The molecule has 5 aromatic heterocycles. The Hall–Kier alpha value is -4.17. The predicted molar refractivity (Wildman–Crippen MR) is 131 cm³/mol. The fraction of sp³-hybridized carbons (Fsp3) is 0.0800. The summed E-state index contributed by atoms with van der Waals surface area (Å²) in [6.07, 6.45) is 5.50. The van der Waals surface area contributed by atoms with Crippen molar-refractivity contribution in [1.82, 2.24) is 29.5 Å². The standard InChI is InChI=1S/C25H19N7S/c1-16(24-31-30-21-11-5-6-13-32(21)24)27-23-19-14-20(17-8-3-2-4-9-17)33-25(19)29-22(28-23)18-10-7-12-26-15-18/h2-16H,1H3,(H,27,28,29). The predicted octanol–water partition coefficient (Wildman–Crippen LogP) is 5.64. The second-order valence-electron chi connectivity index (χ2n) is 7.69. The van der Waals surface area contributed by atoms with Gasteiger partial charge in [0, 0.05) is 29.0 Å². The van der Waals surface area contributed by atoms with E-state index in [1.807, 2.05) is 59.1 Å². The van der Waals surface area contributed by atoms with Crippen molar-refractivity contribution in [3.63, 3.8) is 0 Å². The Morgan fingerprint density at radius 1 is 0.909 bits per heavy atom. The lowest BCUT2D eigenvalue weighted by Crippen LogP contribution is -2.12. The first-order valence-corrected chi connectivity index (χ1v) is 11.4. The molecular formula is C25H19N7S. The second kappa shape index (κ2) is 8.07. The van der Waals surface area contributed by atoms with Gasteiger partial charge in [0.25, 0.3) is 0 Å². The number of fused-ring (bicyclic) bond motifs is 2. The molecule has 1 unspecified atom stereocenters. The molecule has 160 valence electrons. The summed E-state index contributed by atoms with van der Waals surface area (Å²) in [6.45, 7) is 2.06. The fourth-order valence-corrected chi connectivity index (χ4v) is 4.86. The zero-order valence-corrected chi connectivity index (χ0v) is 18.6. The number of benzene rings is 1. The summed E-state index contributed by atoms with van der Waals surface area (Å²) in [6, 6.07) is 22.1. The van der Waals surface area contributed by atoms with Crippen LogP contribution < -0.4 is 5.32 Å². The fourth-order valence-electron chi connectivity index (χ4n) is 3.83. The van der Waals surface area contributed by atoms with Crippen LogP contribution in [0.15, 0.2) is 85.3 Å². The Bertz CT molecular complexity index is 1560. The van der Waals surface area contributed by atoms with Crippen LogP contribution in [0.2, 0.25) is 0 Å². The van der Waals surface area contributed by atoms with Crippen LogP contribution in [0.5, 0.6) is 0 Å². The van der Waals surface area contributed by atoms with E-state index in [2.05, 4.69) is 45.6 Å². The number of nitrogens with zero attached hydrogens (tertiary/aromatic N) is 6. The van der Waals surface area contributed by atoms with E-state index in [1.165, 1.54) is 0 Å². The Balaban J connectivity index is 1.47. The first-order valence-electron chi connectivity index (χ1n) is 10.6. The number of nitrogens with one attached hydrogen (secondary N) is 1. The van der Waals surface area contributed by atoms with Crippen molar-refractivity contribution in [1.29, 1.82) is 0 Å². The highest BCUT2D eigenvalue weighted by atomic mass is 32.1. The quantitative estimate of drug-likeness (QED) is 0.367. The molecule has 1 atom stereocenters. The van der Waals surface area contributed by atoms with Gasteiger partial charge in [0.15, 0.2) is 17.3 Å². The summed E-state index contributed by atoms with van der Waals surface area (Å²) in [5, 5.41) is 13.2. The summed E-state index contributed by atoms with van der Waals surface area (Å²) in [4.78, 5) is 16.1. The Labute approximate surface area is 193 Å². The van der Waals surface area contributed by atoms with Gasteiger partial charge in [-0.15, -0.1) is 21.5 Å². The minimum atomic E-state index is -0.123. The lowest BCUT2D eigenvalue weighted by molar-refractivity contribution is 0.769. The molecule has 5 heterocycles. The van der Waals surface area contributed by atoms with E-state index < -0.39 is 0 Å². The van der Waals surface area contributed by atoms with Crippen molar-refractivity contribution in [2.75, 3.05) is 5.32 Å². The molecule has 0 aliphatic carbocycles. The SMILES string of the molecule is CC(Nc1nc(-c2cccnc2)nc2sc(-c3ccccc3)cc12)c1nnc2ccccn12. The van der Waals surface area contributed by atoms with Gasteiger partial charge in [0.1, 0.15) is 10.6 Å². The van der Waals surface area contributed by atoms with Crippen LogP contribution in [0.25, 0.3) is 37.7 Å². The number of hydrogen-bond acceptors (Lipinski definition) is 7. The lowest BCUT2D eigenvalue weighted by atomic mass is 10.2. The van der Waals surface area contributed by atoms with E-state index in [9.17, 15) is 0 Å². The van der Waals surface area contributed by atoms with Crippen LogP contribution in [0.3, 0.4) is 0 Å². The highest BCUT2D eigenvalue weighted by Crippen LogP contribution is 2.37. The lowest BCUT2D eigenvalue weighted by Gasteiger charge is -2.14. The first kappa shape index (κ1) is 19.5. The minimum absolute atomic E-state index is 0.123. The van der Waals surface area contributed by atoms with E-state index in [-0.39, 0.29) is 6.04 Å². The molecule has 0 aliphatic heterocycles. The molecule has 0 spiro atoms. The first-order chi connectivity index (χ1) is 16.3. The molecule has 0 radical (unpaired) electrons. The van der Waals surface area contributed by atoms with Crippen molar-refractivity contribution in [3.05, 3.63) is 91.1 Å². The van der Waals surface area contributed by atoms with Gasteiger partial charge in [-0.2, -0.15) is 0 Å². The molecule has 0 saturated heterocycles. The number of aromatic nitrogens is 6. The van der Waals surface area contributed by atoms with Crippen molar-refractivity contribution >= 4 is 33.0 Å². The smallest absolute Gasteiger partial charge is 0.164 e. The van der Waals surface area contributed by atoms with Crippen molar-refractivity contribution in [2.24, 2.45) is 0 Å². The Morgan fingerprint density at radius 2 is 1.76 bits per heavy atom. The number of pyridine rings is 2. The third-order valence-electron chi connectivity index (χ3n) is 5.45. The van der Waals surface area contributed by atoms with Crippen LogP contribution in [0, 0.1) is 0 Å². The highest BCUT2D eigenvalue weighted by molar-refractivity contribution is 7.22. The molecule has 1 N–H and O–H groups in total. The molecule has 6 rings (SSSR count). The molecule has 0 aliphatic rings. The van der Waals surface area contributed by atoms with Crippen molar-refractivity contribution in [3.8, 4) is 21.8 Å². The molecule has 0 fully saturated rings. The average molecular weight is 450 g/mol. The van der Waals surface area contributed by atoms with E-state index in [0.717, 1.165) is 43.5 Å². The summed E-state index contributed by atoms with van der Waals surface area (Å²) >= 11 is 1.66. The largest absolute Gasteiger partial charge is 0.360 e. The van der Waals surface area contributed by atoms with Gasteiger partial charge in [-0.25, -0.2) is 9.97 Å². The zero-order chi connectivity index (χ0) is 22.2. The molecule has 1 aromatic carbocycles. The van der Waals surface area contributed by atoms with E-state index in [4.69, 9.17) is 9.97 Å². The summed E-state index contributed by atoms with van der Waals surface area (Å²) in [5.74, 6) is 2.22. The van der Waals surface area contributed by atoms with Crippen LogP contribution in [-0.2, 0) is 0 Å². The maximum atomic E-state index is 4.90. The molecular weight excluding hydrogens is 430 g/mol. The van der Waals surface area contributed by atoms with Gasteiger partial charge in [-0.05, 0) is 42.8 Å². The molecule has 0 amide bonds. The summed E-state index contributed by atoms with van der Waals surface area (Å²) in [7, 11) is 0. The number of anilines is 1. The maximum Gasteiger partial charge on any atom is 0.164 e.